The zero-order valence-electron chi connectivity index (χ0n) is 16.6. The van der Waals surface area contributed by atoms with Gasteiger partial charge in [-0.1, -0.05) is 18.2 Å². The molecule has 1 amide bonds. The maximum absolute atomic E-state index is 12.7. The van der Waals surface area contributed by atoms with Gasteiger partial charge in [0.15, 0.2) is 0 Å². The minimum absolute atomic E-state index is 0.0205. The van der Waals surface area contributed by atoms with Crippen LogP contribution in [0.2, 0.25) is 0 Å². The van der Waals surface area contributed by atoms with E-state index in [4.69, 9.17) is 0 Å². The lowest BCUT2D eigenvalue weighted by Gasteiger charge is -2.31. The number of carbonyl (C=O) groups excluding carboxylic acids is 1. The molecule has 1 fully saturated rings. The van der Waals surface area contributed by atoms with E-state index in [-0.39, 0.29) is 17.9 Å². The van der Waals surface area contributed by atoms with E-state index < -0.39 is 10.0 Å². The van der Waals surface area contributed by atoms with Gasteiger partial charge in [-0.25, -0.2) is 8.42 Å². The molecule has 1 saturated heterocycles. The Balaban J connectivity index is 1.58. The van der Waals surface area contributed by atoms with Crippen LogP contribution in [-0.4, -0.2) is 41.5 Å². The van der Waals surface area contributed by atoms with E-state index in [0.29, 0.717) is 30.8 Å². The average molecular weight is 405 g/mol. The summed E-state index contributed by atoms with van der Waals surface area (Å²) < 4.78 is 28.8. The highest BCUT2D eigenvalue weighted by Gasteiger charge is 2.32. The van der Waals surface area contributed by atoms with Crippen LogP contribution in [-0.2, 0) is 21.4 Å². The van der Waals surface area contributed by atoms with E-state index in [9.17, 15) is 13.2 Å². The van der Waals surface area contributed by atoms with Gasteiger partial charge in [-0.3, -0.25) is 9.48 Å². The van der Waals surface area contributed by atoms with E-state index in [1.165, 1.54) is 4.31 Å². The van der Waals surface area contributed by atoms with E-state index in [2.05, 4.69) is 10.4 Å². The SMILES string of the molecule is CCn1ncc(C(C)NC(=O)C2CCN(S(=O)(=O)c3ccccc3)CC2)c1C. The van der Waals surface area contributed by atoms with Gasteiger partial charge in [-0.05, 0) is 45.7 Å². The van der Waals surface area contributed by atoms with Gasteiger partial charge in [0.25, 0.3) is 0 Å². The number of sulfonamides is 1. The summed E-state index contributed by atoms with van der Waals surface area (Å²) in [5.74, 6) is -0.195. The highest BCUT2D eigenvalue weighted by molar-refractivity contribution is 7.89. The molecular formula is C20H28N4O3S. The molecule has 1 unspecified atom stereocenters. The zero-order chi connectivity index (χ0) is 20.3. The summed E-state index contributed by atoms with van der Waals surface area (Å²) in [7, 11) is -3.49. The Morgan fingerprint density at radius 3 is 2.46 bits per heavy atom. The Morgan fingerprint density at radius 2 is 1.89 bits per heavy atom. The van der Waals surface area contributed by atoms with E-state index in [1.807, 2.05) is 25.5 Å². The first kappa shape index (κ1) is 20.5. The summed E-state index contributed by atoms with van der Waals surface area (Å²) >= 11 is 0. The maximum atomic E-state index is 12.7. The van der Waals surface area contributed by atoms with Crippen LogP contribution in [0, 0.1) is 12.8 Å². The monoisotopic (exact) mass is 404 g/mol. The lowest BCUT2D eigenvalue weighted by molar-refractivity contribution is -0.126. The number of nitrogens with one attached hydrogen (secondary N) is 1. The van der Waals surface area contributed by atoms with Crippen molar-refractivity contribution in [2.45, 2.75) is 51.1 Å². The molecule has 3 rings (SSSR count). The van der Waals surface area contributed by atoms with Gasteiger partial charge in [0.05, 0.1) is 17.1 Å². The standard InChI is InChI=1S/C20H28N4O3S/c1-4-24-16(3)19(14-21-24)15(2)22-20(25)17-10-12-23(13-11-17)28(26,27)18-8-6-5-7-9-18/h5-9,14-15,17H,4,10-13H2,1-3H3,(H,22,25). The molecule has 0 saturated carbocycles. The lowest BCUT2D eigenvalue weighted by atomic mass is 9.96. The molecule has 8 heteroatoms. The fourth-order valence-corrected chi connectivity index (χ4v) is 5.20. The van der Waals surface area contributed by atoms with Gasteiger partial charge in [0.1, 0.15) is 0 Å². The minimum Gasteiger partial charge on any atom is -0.349 e. The Bertz CT molecular complexity index is 916. The summed E-state index contributed by atoms with van der Waals surface area (Å²) in [6, 6.07) is 8.32. The second-order valence-corrected chi connectivity index (χ2v) is 9.16. The second-order valence-electron chi connectivity index (χ2n) is 7.22. The fourth-order valence-electron chi connectivity index (χ4n) is 3.71. The Morgan fingerprint density at radius 1 is 1.25 bits per heavy atom. The average Bonchev–Trinajstić information content (AvgIpc) is 3.09. The summed E-state index contributed by atoms with van der Waals surface area (Å²) in [6.07, 6.45) is 2.86. The molecule has 152 valence electrons. The molecule has 1 aromatic heterocycles. The van der Waals surface area contributed by atoms with E-state index in [0.717, 1.165) is 17.8 Å². The van der Waals surface area contributed by atoms with Crippen molar-refractivity contribution in [3.8, 4) is 0 Å². The van der Waals surface area contributed by atoms with Crippen LogP contribution in [0.4, 0.5) is 0 Å². The summed E-state index contributed by atoms with van der Waals surface area (Å²) in [5.41, 5.74) is 2.07. The molecule has 2 heterocycles. The van der Waals surface area contributed by atoms with Crippen LogP contribution in [0.5, 0.6) is 0 Å². The van der Waals surface area contributed by atoms with Crippen molar-refractivity contribution in [2.24, 2.45) is 5.92 Å². The van der Waals surface area contributed by atoms with E-state index >= 15 is 0 Å². The number of benzene rings is 1. The lowest BCUT2D eigenvalue weighted by Crippen LogP contribution is -2.43. The maximum Gasteiger partial charge on any atom is 0.243 e. The molecule has 1 N–H and O–H groups in total. The molecule has 2 aromatic rings. The van der Waals surface area contributed by atoms with Crippen LogP contribution in [0.15, 0.2) is 41.4 Å². The number of hydrogen-bond acceptors (Lipinski definition) is 4. The molecule has 1 atom stereocenters. The number of nitrogens with zero attached hydrogens (tertiary/aromatic N) is 3. The van der Waals surface area contributed by atoms with Crippen molar-refractivity contribution in [2.75, 3.05) is 13.1 Å². The quantitative estimate of drug-likeness (QED) is 0.802. The normalized spacial score (nSPS) is 17.4. The Hall–Kier alpha value is -2.19. The molecule has 1 aliphatic heterocycles. The highest BCUT2D eigenvalue weighted by Crippen LogP contribution is 2.25. The molecule has 7 nitrogen and oxygen atoms in total. The van der Waals surface area contributed by atoms with E-state index in [1.54, 1.807) is 36.5 Å². The predicted molar refractivity (Wildman–Crippen MR) is 107 cm³/mol. The van der Waals surface area contributed by atoms with Crippen molar-refractivity contribution in [3.05, 3.63) is 47.8 Å². The van der Waals surface area contributed by atoms with Crippen molar-refractivity contribution in [1.82, 2.24) is 19.4 Å². The van der Waals surface area contributed by atoms with Gasteiger partial charge in [-0.2, -0.15) is 9.40 Å². The highest BCUT2D eigenvalue weighted by atomic mass is 32.2. The van der Waals surface area contributed by atoms with Crippen molar-refractivity contribution in [1.29, 1.82) is 0 Å². The zero-order valence-corrected chi connectivity index (χ0v) is 17.4. The first-order valence-corrected chi connectivity index (χ1v) is 11.2. The fraction of sp³-hybridized carbons (Fsp3) is 0.500. The molecule has 1 aliphatic rings. The number of piperidine rings is 1. The predicted octanol–water partition coefficient (Wildman–Crippen LogP) is 2.49. The van der Waals surface area contributed by atoms with Crippen molar-refractivity contribution in [3.63, 3.8) is 0 Å². The van der Waals surface area contributed by atoms with Gasteiger partial charge in [0.2, 0.25) is 15.9 Å². The van der Waals surface area contributed by atoms with Crippen molar-refractivity contribution < 1.29 is 13.2 Å². The summed E-state index contributed by atoms with van der Waals surface area (Å²) in [5, 5.41) is 7.40. The number of aromatic nitrogens is 2. The van der Waals surface area contributed by atoms with Gasteiger partial charge in [-0.15, -0.1) is 0 Å². The van der Waals surface area contributed by atoms with Gasteiger partial charge < -0.3 is 5.32 Å². The number of aryl methyl sites for hydroxylation is 1. The van der Waals surface area contributed by atoms with Crippen LogP contribution in [0.3, 0.4) is 0 Å². The first-order valence-electron chi connectivity index (χ1n) is 9.72. The third-order valence-electron chi connectivity index (χ3n) is 5.47. The van der Waals surface area contributed by atoms with Crippen molar-refractivity contribution >= 4 is 15.9 Å². The molecular weight excluding hydrogens is 376 g/mol. The third-order valence-corrected chi connectivity index (χ3v) is 7.38. The van der Waals surface area contributed by atoms with Gasteiger partial charge in [0, 0.05) is 36.8 Å². The number of rotatable bonds is 6. The Kier molecular flexibility index (Phi) is 6.20. The molecule has 0 aliphatic carbocycles. The van der Waals surface area contributed by atoms with Crippen LogP contribution in [0.25, 0.3) is 0 Å². The topological polar surface area (TPSA) is 84.3 Å². The Labute approximate surface area is 166 Å². The summed E-state index contributed by atoms with van der Waals surface area (Å²) in [6.45, 7) is 7.50. The largest absolute Gasteiger partial charge is 0.349 e. The number of carbonyl (C=O) groups is 1. The molecule has 1 aromatic carbocycles. The van der Waals surface area contributed by atoms with Crippen LogP contribution in [0.1, 0.15) is 44.0 Å². The third kappa shape index (κ3) is 4.12. The first-order chi connectivity index (χ1) is 13.3. The molecule has 0 radical (unpaired) electrons. The van der Waals surface area contributed by atoms with Gasteiger partial charge >= 0.3 is 0 Å². The molecule has 28 heavy (non-hydrogen) atoms. The summed E-state index contributed by atoms with van der Waals surface area (Å²) in [4.78, 5) is 13.0. The second kappa shape index (κ2) is 8.45. The smallest absolute Gasteiger partial charge is 0.243 e. The molecule has 0 spiro atoms. The minimum atomic E-state index is -3.49. The van der Waals surface area contributed by atoms with Crippen LogP contribution >= 0.6 is 0 Å². The number of amides is 1. The number of hydrogen-bond donors (Lipinski definition) is 1. The molecule has 0 bridgehead atoms. The van der Waals surface area contributed by atoms with Crippen LogP contribution < -0.4 is 5.32 Å².